The fourth-order valence-corrected chi connectivity index (χ4v) is 2.20. The Morgan fingerprint density at radius 1 is 1.00 bits per heavy atom. The van der Waals surface area contributed by atoms with E-state index in [2.05, 4.69) is 21.2 Å². The number of halogens is 4. The normalized spacial score (nSPS) is 10.7. The van der Waals surface area contributed by atoms with E-state index in [0.29, 0.717) is 18.7 Å². The molecule has 19 heavy (non-hydrogen) atoms. The molecule has 0 aliphatic heterocycles. The summed E-state index contributed by atoms with van der Waals surface area (Å²) in [5, 5.41) is 3.16. The quantitative estimate of drug-likeness (QED) is 0.848. The van der Waals surface area contributed by atoms with Crippen molar-refractivity contribution in [2.45, 2.75) is 13.1 Å². The fourth-order valence-electron chi connectivity index (χ4n) is 1.67. The number of nitrogens with one attached hydrogen (secondary N) is 1. The molecule has 0 aliphatic carbocycles. The first kappa shape index (κ1) is 14.4. The summed E-state index contributed by atoms with van der Waals surface area (Å²) in [7, 11) is 0. The molecule has 1 N–H and O–H groups in total. The third-order valence-electron chi connectivity index (χ3n) is 2.64. The maximum atomic E-state index is 13.5. The molecule has 0 bridgehead atoms. The lowest BCUT2D eigenvalue weighted by atomic mass is 10.2. The fraction of sp³-hybridized carbons (Fsp3) is 0.143. The van der Waals surface area contributed by atoms with Crippen LogP contribution in [-0.4, -0.2) is 0 Å². The molecule has 5 heteroatoms. The summed E-state index contributed by atoms with van der Waals surface area (Å²) in [5.41, 5.74) is 1.32. The highest BCUT2D eigenvalue weighted by Gasteiger charge is 2.04. The summed E-state index contributed by atoms with van der Waals surface area (Å²) in [4.78, 5) is 0. The maximum Gasteiger partial charge on any atom is 0.142 e. The van der Waals surface area contributed by atoms with Crippen LogP contribution >= 0.6 is 27.5 Å². The molecule has 0 heterocycles. The minimum Gasteiger partial charge on any atom is -0.309 e. The molecule has 0 aromatic heterocycles. The van der Waals surface area contributed by atoms with Crippen LogP contribution in [0.5, 0.6) is 0 Å². The second-order valence-electron chi connectivity index (χ2n) is 4.09. The Bertz CT molecular complexity index is 590. The van der Waals surface area contributed by atoms with Crippen molar-refractivity contribution in [3.8, 4) is 0 Å². The Morgan fingerprint density at radius 3 is 2.53 bits per heavy atom. The van der Waals surface area contributed by atoms with Crippen molar-refractivity contribution in [3.63, 3.8) is 0 Å². The van der Waals surface area contributed by atoms with Crippen LogP contribution in [0.4, 0.5) is 8.78 Å². The van der Waals surface area contributed by atoms with Crippen LogP contribution < -0.4 is 5.32 Å². The van der Waals surface area contributed by atoms with Gasteiger partial charge in [0.1, 0.15) is 11.6 Å². The van der Waals surface area contributed by atoms with Crippen LogP contribution in [0.3, 0.4) is 0 Å². The van der Waals surface area contributed by atoms with Crippen molar-refractivity contribution in [2.24, 2.45) is 0 Å². The summed E-state index contributed by atoms with van der Waals surface area (Å²) in [6, 6.07) is 9.37. The van der Waals surface area contributed by atoms with Gasteiger partial charge in [-0.05, 0) is 35.9 Å². The van der Waals surface area contributed by atoms with Crippen molar-refractivity contribution in [1.29, 1.82) is 0 Å². The van der Waals surface area contributed by atoms with Crippen LogP contribution in [0.25, 0.3) is 0 Å². The summed E-state index contributed by atoms with van der Waals surface area (Å²) in [5.74, 6) is -0.715. The van der Waals surface area contributed by atoms with E-state index in [1.54, 1.807) is 18.2 Å². The molecule has 1 nitrogen and oxygen atoms in total. The highest BCUT2D eigenvalue weighted by Crippen LogP contribution is 2.17. The Hall–Kier alpha value is -0.970. The molecule has 2 aromatic rings. The molecule has 0 saturated heterocycles. The zero-order valence-corrected chi connectivity index (χ0v) is 12.2. The number of benzene rings is 2. The monoisotopic (exact) mass is 345 g/mol. The van der Waals surface area contributed by atoms with E-state index >= 15 is 0 Å². The van der Waals surface area contributed by atoms with Gasteiger partial charge in [-0.25, -0.2) is 8.78 Å². The molecular weight excluding hydrogens is 336 g/mol. The van der Waals surface area contributed by atoms with E-state index in [1.165, 1.54) is 18.2 Å². The van der Waals surface area contributed by atoms with Crippen molar-refractivity contribution in [2.75, 3.05) is 0 Å². The molecule has 0 unspecified atom stereocenters. The molecule has 100 valence electrons. The lowest BCUT2D eigenvalue weighted by Gasteiger charge is -2.07. The van der Waals surface area contributed by atoms with Crippen LogP contribution in [0.15, 0.2) is 40.9 Å². The van der Waals surface area contributed by atoms with Gasteiger partial charge in [0.05, 0.1) is 5.02 Å². The standard InChI is InChI=1S/C14H11BrClF2N/c15-11-2-4-13(17)10(6-11)8-19-7-9-1-3-12(16)14(18)5-9/h1-6,19H,7-8H2. The molecule has 0 aliphatic rings. The number of hydrogen-bond donors (Lipinski definition) is 1. The van der Waals surface area contributed by atoms with Crippen LogP contribution in [-0.2, 0) is 13.1 Å². The van der Waals surface area contributed by atoms with Crippen molar-refractivity contribution >= 4 is 27.5 Å². The second-order valence-corrected chi connectivity index (χ2v) is 5.41. The Morgan fingerprint density at radius 2 is 1.79 bits per heavy atom. The van der Waals surface area contributed by atoms with Crippen molar-refractivity contribution in [3.05, 3.63) is 68.7 Å². The summed E-state index contributed by atoms with van der Waals surface area (Å²) < 4.78 is 27.5. The smallest absolute Gasteiger partial charge is 0.142 e. The second kappa shape index (κ2) is 6.46. The molecule has 0 saturated carbocycles. The lowest BCUT2D eigenvalue weighted by Crippen LogP contribution is -2.13. The van der Waals surface area contributed by atoms with E-state index in [1.807, 2.05) is 0 Å². The molecule has 2 rings (SSSR count). The van der Waals surface area contributed by atoms with Gasteiger partial charge in [0.15, 0.2) is 0 Å². The van der Waals surface area contributed by atoms with Gasteiger partial charge in [0.2, 0.25) is 0 Å². The molecule has 2 aromatic carbocycles. The summed E-state index contributed by atoms with van der Waals surface area (Å²) >= 11 is 8.89. The topological polar surface area (TPSA) is 12.0 Å². The van der Waals surface area contributed by atoms with E-state index in [9.17, 15) is 8.78 Å². The van der Waals surface area contributed by atoms with Gasteiger partial charge >= 0.3 is 0 Å². The average molecular weight is 347 g/mol. The van der Waals surface area contributed by atoms with Gasteiger partial charge in [-0.2, -0.15) is 0 Å². The van der Waals surface area contributed by atoms with E-state index in [-0.39, 0.29) is 10.8 Å². The van der Waals surface area contributed by atoms with Gasteiger partial charge < -0.3 is 5.32 Å². The molecule has 0 spiro atoms. The Balaban J connectivity index is 1.96. The van der Waals surface area contributed by atoms with Gasteiger partial charge in [-0.3, -0.25) is 0 Å². The summed E-state index contributed by atoms with van der Waals surface area (Å²) in [6.45, 7) is 0.815. The van der Waals surface area contributed by atoms with E-state index in [4.69, 9.17) is 11.6 Å². The predicted octanol–water partition coefficient (Wildman–Crippen LogP) is 4.67. The zero-order chi connectivity index (χ0) is 13.8. The minimum absolute atomic E-state index is 0.0989. The van der Waals surface area contributed by atoms with Crippen LogP contribution in [0.2, 0.25) is 5.02 Å². The number of rotatable bonds is 4. The molecule has 0 radical (unpaired) electrons. The molecular formula is C14H11BrClF2N. The van der Waals surface area contributed by atoms with Gasteiger partial charge in [-0.1, -0.05) is 33.6 Å². The minimum atomic E-state index is -0.449. The highest BCUT2D eigenvalue weighted by atomic mass is 79.9. The Labute approximate surface area is 123 Å². The number of hydrogen-bond acceptors (Lipinski definition) is 1. The maximum absolute atomic E-state index is 13.5. The lowest BCUT2D eigenvalue weighted by molar-refractivity contribution is 0.585. The van der Waals surface area contributed by atoms with Gasteiger partial charge in [0, 0.05) is 23.1 Å². The van der Waals surface area contributed by atoms with E-state index in [0.717, 1.165) is 10.0 Å². The highest BCUT2D eigenvalue weighted by molar-refractivity contribution is 9.10. The third kappa shape index (κ3) is 4.00. The predicted molar refractivity (Wildman–Crippen MR) is 76.1 cm³/mol. The van der Waals surface area contributed by atoms with Crippen LogP contribution in [0, 0.1) is 11.6 Å². The van der Waals surface area contributed by atoms with Crippen molar-refractivity contribution < 1.29 is 8.78 Å². The molecule has 0 atom stereocenters. The largest absolute Gasteiger partial charge is 0.309 e. The molecule has 0 fully saturated rings. The van der Waals surface area contributed by atoms with Crippen LogP contribution in [0.1, 0.15) is 11.1 Å². The third-order valence-corrected chi connectivity index (χ3v) is 3.44. The van der Waals surface area contributed by atoms with E-state index < -0.39 is 5.82 Å². The van der Waals surface area contributed by atoms with Gasteiger partial charge in [0.25, 0.3) is 0 Å². The first-order chi connectivity index (χ1) is 9.06. The molecule has 0 amide bonds. The average Bonchev–Trinajstić information content (AvgIpc) is 2.38. The SMILES string of the molecule is Fc1cc(CNCc2cc(Br)ccc2F)ccc1Cl. The Kier molecular flexibility index (Phi) is 4.91. The first-order valence-corrected chi connectivity index (χ1v) is 6.82. The van der Waals surface area contributed by atoms with Gasteiger partial charge in [-0.15, -0.1) is 0 Å². The van der Waals surface area contributed by atoms with Crippen molar-refractivity contribution in [1.82, 2.24) is 5.32 Å². The first-order valence-electron chi connectivity index (χ1n) is 5.65. The summed E-state index contributed by atoms with van der Waals surface area (Å²) in [6.07, 6.45) is 0. The zero-order valence-electron chi connectivity index (χ0n) is 9.89.